The van der Waals surface area contributed by atoms with Crippen molar-refractivity contribution in [1.82, 2.24) is 0 Å². The predicted molar refractivity (Wildman–Crippen MR) is 59.2 cm³/mol. The molecule has 0 fully saturated rings. The summed E-state index contributed by atoms with van der Waals surface area (Å²) in [6.45, 7) is 3.11. The molecule has 0 heterocycles. The van der Waals surface area contributed by atoms with E-state index in [1.807, 2.05) is 0 Å². The second-order valence-electron chi connectivity index (χ2n) is 4.48. The van der Waals surface area contributed by atoms with E-state index in [-0.39, 0.29) is 18.0 Å². The molecule has 6 heteroatoms. The SMILES string of the molecule is CC(C)C(O)(CN)c1ccc(C(F)(F)F)c(F)c1. The van der Waals surface area contributed by atoms with Gasteiger partial charge in [-0.05, 0) is 23.6 Å². The monoisotopic (exact) mass is 265 g/mol. The molecule has 0 aliphatic heterocycles. The summed E-state index contributed by atoms with van der Waals surface area (Å²) in [4.78, 5) is 0. The number of hydrogen-bond acceptors (Lipinski definition) is 2. The molecule has 0 spiro atoms. The van der Waals surface area contributed by atoms with Crippen molar-refractivity contribution >= 4 is 0 Å². The molecule has 2 nitrogen and oxygen atoms in total. The zero-order valence-electron chi connectivity index (χ0n) is 10.1. The van der Waals surface area contributed by atoms with Gasteiger partial charge in [0.2, 0.25) is 0 Å². The normalized spacial score (nSPS) is 15.8. The van der Waals surface area contributed by atoms with E-state index >= 15 is 0 Å². The van der Waals surface area contributed by atoms with Gasteiger partial charge in [-0.3, -0.25) is 0 Å². The highest BCUT2D eigenvalue weighted by molar-refractivity contribution is 5.31. The molecule has 0 aromatic heterocycles. The van der Waals surface area contributed by atoms with Crippen LogP contribution in [0.4, 0.5) is 17.6 Å². The average molecular weight is 265 g/mol. The summed E-state index contributed by atoms with van der Waals surface area (Å²) in [5.74, 6) is -1.76. The van der Waals surface area contributed by atoms with E-state index in [2.05, 4.69) is 0 Å². The maximum absolute atomic E-state index is 13.4. The predicted octanol–water partition coefficient (Wildman–Crippen LogP) is 2.65. The summed E-state index contributed by atoms with van der Waals surface area (Å²) in [5, 5.41) is 10.2. The van der Waals surface area contributed by atoms with Gasteiger partial charge in [0.25, 0.3) is 0 Å². The van der Waals surface area contributed by atoms with Crippen LogP contribution in [-0.2, 0) is 11.8 Å². The highest BCUT2D eigenvalue weighted by atomic mass is 19.4. The van der Waals surface area contributed by atoms with Crippen LogP contribution in [-0.4, -0.2) is 11.7 Å². The average Bonchev–Trinajstić information content (AvgIpc) is 2.25. The van der Waals surface area contributed by atoms with Gasteiger partial charge in [-0.1, -0.05) is 19.9 Å². The number of hydrogen-bond donors (Lipinski definition) is 2. The lowest BCUT2D eigenvalue weighted by Gasteiger charge is -2.31. The Morgan fingerprint density at radius 1 is 1.28 bits per heavy atom. The zero-order chi connectivity index (χ0) is 14.1. The van der Waals surface area contributed by atoms with Crippen LogP contribution < -0.4 is 5.73 Å². The van der Waals surface area contributed by atoms with E-state index in [1.54, 1.807) is 13.8 Å². The molecule has 1 atom stereocenters. The minimum Gasteiger partial charge on any atom is -0.384 e. The van der Waals surface area contributed by atoms with Crippen LogP contribution in [0, 0.1) is 11.7 Å². The van der Waals surface area contributed by atoms with Crippen LogP contribution in [0.15, 0.2) is 18.2 Å². The van der Waals surface area contributed by atoms with Crippen molar-refractivity contribution in [2.45, 2.75) is 25.6 Å². The zero-order valence-corrected chi connectivity index (χ0v) is 10.1. The lowest BCUT2D eigenvalue weighted by Crippen LogP contribution is -2.40. The van der Waals surface area contributed by atoms with E-state index in [0.717, 1.165) is 6.07 Å². The lowest BCUT2D eigenvalue weighted by molar-refractivity contribution is -0.140. The summed E-state index contributed by atoms with van der Waals surface area (Å²) >= 11 is 0. The maximum atomic E-state index is 13.4. The van der Waals surface area contributed by atoms with Gasteiger partial charge in [0, 0.05) is 6.54 Å². The van der Waals surface area contributed by atoms with E-state index in [1.165, 1.54) is 0 Å². The first-order valence-electron chi connectivity index (χ1n) is 5.42. The van der Waals surface area contributed by atoms with Crippen molar-refractivity contribution in [2.75, 3.05) is 6.54 Å². The molecule has 0 bridgehead atoms. The number of halogens is 4. The molecule has 0 amide bonds. The standard InChI is InChI=1S/C12H15F4NO/c1-7(2)11(18,6-17)8-3-4-9(10(13)5-8)12(14,15)16/h3-5,7,18H,6,17H2,1-2H3. The van der Waals surface area contributed by atoms with Crippen molar-refractivity contribution in [3.05, 3.63) is 35.1 Å². The molecule has 0 saturated heterocycles. The van der Waals surface area contributed by atoms with Crippen molar-refractivity contribution in [3.8, 4) is 0 Å². The number of aliphatic hydroxyl groups is 1. The van der Waals surface area contributed by atoms with Crippen LogP contribution in [0.1, 0.15) is 25.0 Å². The van der Waals surface area contributed by atoms with E-state index in [9.17, 15) is 22.7 Å². The molecule has 0 radical (unpaired) electrons. The third-order valence-corrected chi connectivity index (χ3v) is 3.04. The van der Waals surface area contributed by atoms with Gasteiger partial charge in [-0.25, -0.2) is 4.39 Å². The third-order valence-electron chi connectivity index (χ3n) is 3.04. The number of alkyl halides is 3. The molecule has 1 unspecified atom stereocenters. The van der Waals surface area contributed by atoms with Crippen LogP contribution in [0.3, 0.4) is 0 Å². The minimum atomic E-state index is -4.75. The Kier molecular flexibility index (Phi) is 4.02. The molecule has 3 N–H and O–H groups in total. The Labute approximate surface area is 102 Å². The fraction of sp³-hybridized carbons (Fsp3) is 0.500. The van der Waals surface area contributed by atoms with Gasteiger partial charge >= 0.3 is 6.18 Å². The molecule has 0 aliphatic rings. The molecule has 1 rings (SSSR count). The smallest absolute Gasteiger partial charge is 0.384 e. The number of benzene rings is 1. The van der Waals surface area contributed by atoms with Crippen LogP contribution in [0.25, 0.3) is 0 Å². The molecule has 0 aliphatic carbocycles. The second-order valence-corrected chi connectivity index (χ2v) is 4.48. The third kappa shape index (κ3) is 2.64. The molecule has 1 aromatic rings. The molecular formula is C12H15F4NO. The van der Waals surface area contributed by atoms with Crippen molar-refractivity contribution < 1.29 is 22.7 Å². The second kappa shape index (κ2) is 4.85. The van der Waals surface area contributed by atoms with E-state index in [0.29, 0.717) is 12.1 Å². The lowest BCUT2D eigenvalue weighted by atomic mass is 9.83. The Hall–Kier alpha value is -1.14. The largest absolute Gasteiger partial charge is 0.419 e. The summed E-state index contributed by atoms with van der Waals surface area (Å²) in [6, 6.07) is 2.36. The molecule has 1 aromatic carbocycles. The van der Waals surface area contributed by atoms with Crippen molar-refractivity contribution in [1.29, 1.82) is 0 Å². The van der Waals surface area contributed by atoms with Gasteiger partial charge in [0.05, 0.1) is 5.56 Å². The summed E-state index contributed by atoms with van der Waals surface area (Å²) < 4.78 is 50.6. The first kappa shape index (κ1) is 14.9. The maximum Gasteiger partial charge on any atom is 0.419 e. The van der Waals surface area contributed by atoms with Crippen LogP contribution >= 0.6 is 0 Å². The first-order chi connectivity index (χ1) is 8.13. The van der Waals surface area contributed by atoms with Crippen molar-refractivity contribution in [2.24, 2.45) is 11.7 Å². The molecule has 102 valence electrons. The van der Waals surface area contributed by atoms with Gasteiger partial charge in [-0.2, -0.15) is 13.2 Å². The molecular weight excluding hydrogens is 250 g/mol. The quantitative estimate of drug-likeness (QED) is 0.825. The van der Waals surface area contributed by atoms with Gasteiger partial charge < -0.3 is 10.8 Å². The van der Waals surface area contributed by atoms with E-state index in [4.69, 9.17) is 5.73 Å². The fourth-order valence-corrected chi connectivity index (χ4v) is 1.70. The highest BCUT2D eigenvalue weighted by Crippen LogP contribution is 2.35. The molecule has 0 saturated carbocycles. The minimum absolute atomic E-state index is 0.0468. The fourth-order valence-electron chi connectivity index (χ4n) is 1.70. The van der Waals surface area contributed by atoms with E-state index < -0.39 is 23.2 Å². The number of rotatable bonds is 3. The summed E-state index contributed by atoms with van der Waals surface area (Å²) in [7, 11) is 0. The Bertz CT molecular complexity index is 431. The Morgan fingerprint density at radius 2 is 1.83 bits per heavy atom. The summed E-state index contributed by atoms with van der Waals surface area (Å²) in [5.41, 5.74) is 2.58. The van der Waals surface area contributed by atoms with Gasteiger partial charge in [0.1, 0.15) is 11.4 Å². The molecule has 18 heavy (non-hydrogen) atoms. The van der Waals surface area contributed by atoms with Gasteiger partial charge in [-0.15, -0.1) is 0 Å². The van der Waals surface area contributed by atoms with Crippen LogP contribution in [0.5, 0.6) is 0 Å². The van der Waals surface area contributed by atoms with Crippen molar-refractivity contribution in [3.63, 3.8) is 0 Å². The Morgan fingerprint density at radius 3 is 2.17 bits per heavy atom. The number of nitrogens with two attached hydrogens (primary N) is 1. The topological polar surface area (TPSA) is 46.2 Å². The van der Waals surface area contributed by atoms with Crippen LogP contribution in [0.2, 0.25) is 0 Å². The van der Waals surface area contributed by atoms with Gasteiger partial charge in [0.15, 0.2) is 0 Å². The first-order valence-corrected chi connectivity index (χ1v) is 5.42. The Balaban J connectivity index is 3.27. The summed E-state index contributed by atoms with van der Waals surface area (Å²) in [6.07, 6.45) is -4.75. The highest BCUT2D eigenvalue weighted by Gasteiger charge is 2.37.